The van der Waals surface area contributed by atoms with Gasteiger partial charge in [0.15, 0.2) is 5.16 Å². The zero-order valence-corrected chi connectivity index (χ0v) is 17.7. The van der Waals surface area contributed by atoms with Gasteiger partial charge in [-0.1, -0.05) is 41.6 Å². The first kappa shape index (κ1) is 20.1. The fourth-order valence-corrected chi connectivity index (χ4v) is 4.30. The minimum atomic E-state index is -0.397. The Morgan fingerprint density at radius 2 is 1.82 bits per heavy atom. The van der Waals surface area contributed by atoms with Crippen molar-refractivity contribution in [2.75, 3.05) is 5.32 Å². The molecule has 146 valence electrons. The van der Waals surface area contributed by atoms with Crippen LogP contribution in [-0.4, -0.2) is 20.7 Å². The molecule has 3 rings (SSSR count). The van der Waals surface area contributed by atoms with Crippen molar-refractivity contribution in [3.8, 4) is 0 Å². The van der Waals surface area contributed by atoms with Gasteiger partial charge in [-0.3, -0.25) is 14.2 Å². The number of amides is 1. The Balaban J connectivity index is 1.88. The van der Waals surface area contributed by atoms with Crippen molar-refractivity contribution in [3.63, 3.8) is 0 Å². The van der Waals surface area contributed by atoms with Crippen LogP contribution in [0.2, 0.25) is 0 Å². The number of thioether (sulfide) groups is 1. The number of anilines is 1. The molecule has 0 saturated carbocycles. The van der Waals surface area contributed by atoms with Crippen molar-refractivity contribution in [1.82, 2.24) is 9.55 Å². The number of fused-ring (bicyclic) bond motifs is 1. The van der Waals surface area contributed by atoms with Crippen LogP contribution in [0.15, 0.2) is 46.3 Å². The molecule has 0 saturated heterocycles. The Kier molecular flexibility index (Phi) is 5.89. The van der Waals surface area contributed by atoms with Gasteiger partial charge < -0.3 is 5.32 Å². The molecule has 0 bridgehead atoms. The summed E-state index contributed by atoms with van der Waals surface area (Å²) in [4.78, 5) is 30.2. The minimum Gasteiger partial charge on any atom is -0.325 e. The zero-order valence-electron chi connectivity index (χ0n) is 16.9. The predicted molar refractivity (Wildman–Crippen MR) is 116 cm³/mol. The summed E-state index contributed by atoms with van der Waals surface area (Å²) in [6, 6.07) is 11.4. The van der Waals surface area contributed by atoms with Crippen LogP contribution in [0.25, 0.3) is 10.9 Å². The largest absolute Gasteiger partial charge is 0.325 e. The lowest BCUT2D eigenvalue weighted by atomic mass is 10.1. The van der Waals surface area contributed by atoms with Crippen molar-refractivity contribution in [2.45, 2.75) is 51.6 Å². The number of carbonyl (C=O) groups excluding carboxylic acids is 1. The van der Waals surface area contributed by atoms with E-state index < -0.39 is 5.25 Å². The number of carbonyl (C=O) groups is 1. The number of para-hydroxylation sites is 1. The number of aromatic nitrogens is 2. The van der Waals surface area contributed by atoms with Crippen LogP contribution in [0.3, 0.4) is 0 Å². The van der Waals surface area contributed by atoms with Crippen molar-refractivity contribution in [3.05, 3.63) is 63.4 Å². The first-order valence-corrected chi connectivity index (χ1v) is 10.2. The molecule has 1 heterocycles. The lowest BCUT2D eigenvalue weighted by molar-refractivity contribution is -0.115. The van der Waals surface area contributed by atoms with Crippen LogP contribution in [0, 0.1) is 20.8 Å². The summed E-state index contributed by atoms with van der Waals surface area (Å²) in [5, 5.41) is 3.80. The van der Waals surface area contributed by atoms with Crippen molar-refractivity contribution in [2.24, 2.45) is 0 Å². The number of benzene rings is 2. The highest BCUT2D eigenvalue weighted by Gasteiger charge is 2.20. The molecule has 2 aromatic carbocycles. The van der Waals surface area contributed by atoms with Crippen LogP contribution in [0.5, 0.6) is 0 Å². The zero-order chi connectivity index (χ0) is 20.4. The van der Waals surface area contributed by atoms with Gasteiger partial charge in [0, 0.05) is 12.2 Å². The van der Waals surface area contributed by atoms with E-state index in [1.807, 2.05) is 52.8 Å². The maximum atomic E-state index is 12.8. The van der Waals surface area contributed by atoms with Crippen LogP contribution >= 0.6 is 11.8 Å². The number of hydrogen-bond donors (Lipinski definition) is 1. The summed E-state index contributed by atoms with van der Waals surface area (Å²) in [7, 11) is 0. The Hall–Kier alpha value is -2.60. The van der Waals surface area contributed by atoms with Crippen molar-refractivity contribution >= 4 is 34.3 Å². The summed E-state index contributed by atoms with van der Waals surface area (Å²) >= 11 is 1.31. The van der Waals surface area contributed by atoms with Crippen molar-refractivity contribution in [1.29, 1.82) is 0 Å². The third-order valence-corrected chi connectivity index (χ3v) is 5.81. The standard InChI is InChI=1S/C22H25N3O2S/c1-6-25-21(27)17-9-7-8-10-18(17)23-22(25)28-16(5)20(26)24-19-14(3)11-13(2)12-15(19)4/h7-12,16H,6H2,1-5H3,(H,24,26)/t16-/m0/s1. The van der Waals surface area contributed by atoms with Crippen LogP contribution in [0.4, 0.5) is 5.69 Å². The summed E-state index contributed by atoms with van der Waals surface area (Å²) in [5.41, 5.74) is 4.67. The fraction of sp³-hybridized carbons (Fsp3) is 0.318. The first-order valence-electron chi connectivity index (χ1n) is 9.36. The SMILES string of the molecule is CCn1c(S[C@@H](C)C(=O)Nc2c(C)cc(C)cc2C)nc2ccccc2c1=O. The molecule has 0 unspecified atom stereocenters. The molecule has 6 heteroatoms. The molecule has 28 heavy (non-hydrogen) atoms. The molecule has 1 N–H and O–H groups in total. The average molecular weight is 396 g/mol. The van der Waals surface area contributed by atoms with E-state index in [2.05, 4.69) is 22.4 Å². The smallest absolute Gasteiger partial charge is 0.262 e. The second-order valence-corrected chi connectivity index (χ2v) is 8.29. The van der Waals surface area contributed by atoms with Gasteiger partial charge in [-0.15, -0.1) is 0 Å². The monoisotopic (exact) mass is 395 g/mol. The molecule has 0 aliphatic rings. The van der Waals surface area contributed by atoms with E-state index in [0.717, 1.165) is 16.8 Å². The van der Waals surface area contributed by atoms with E-state index >= 15 is 0 Å². The normalized spacial score (nSPS) is 12.2. The molecule has 0 aliphatic carbocycles. The van der Waals surface area contributed by atoms with Crippen LogP contribution < -0.4 is 10.9 Å². The third kappa shape index (κ3) is 3.97. The quantitative estimate of drug-likeness (QED) is 0.512. The number of hydrogen-bond acceptors (Lipinski definition) is 4. The Bertz CT molecular complexity index is 1080. The fourth-order valence-electron chi connectivity index (χ4n) is 3.33. The average Bonchev–Trinajstić information content (AvgIpc) is 2.64. The molecular weight excluding hydrogens is 370 g/mol. The Morgan fingerprint density at radius 1 is 1.18 bits per heavy atom. The van der Waals surface area contributed by atoms with E-state index in [1.54, 1.807) is 10.6 Å². The lowest BCUT2D eigenvalue weighted by Crippen LogP contribution is -2.27. The summed E-state index contributed by atoms with van der Waals surface area (Å²) in [6.07, 6.45) is 0. The number of aryl methyl sites for hydroxylation is 3. The van der Waals surface area contributed by atoms with Crippen LogP contribution in [-0.2, 0) is 11.3 Å². The first-order chi connectivity index (χ1) is 13.3. The van der Waals surface area contributed by atoms with Gasteiger partial charge in [-0.05, 0) is 57.9 Å². The molecule has 3 aromatic rings. The van der Waals surface area contributed by atoms with E-state index in [0.29, 0.717) is 22.6 Å². The maximum Gasteiger partial charge on any atom is 0.262 e. The molecule has 0 aliphatic heterocycles. The summed E-state index contributed by atoms with van der Waals surface area (Å²) in [5.74, 6) is -0.106. The van der Waals surface area contributed by atoms with Gasteiger partial charge in [0.1, 0.15) is 0 Å². The molecule has 1 amide bonds. The van der Waals surface area contributed by atoms with Gasteiger partial charge in [-0.25, -0.2) is 4.98 Å². The van der Waals surface area contributed by atoms with Gasteiger partial charge >= 0.3 is 0 Å². The van der Waals surface area contributed by atoms with Gasteiger partial charge in [0.2, 0.25) is 5.91 Å². The molecule has 0 spiro atoms. The molecule has 0 fully saturated rings. The second-order valence-electron chi connectivity index (χ2n) is 6.98. The third-order valence-electron chi connectivity index (χ3n) is 4.72. The summed E-state index contributed by atoms with van der Waals surface area (Å²) in [6.45, 7) is 10.3. The second kappa shape index (κ2) is 8.19. The molecular formula is C22H25N3O2S. The molecule has 1 aromatic heterocycles. The highest BCUT2D eigenvalue weighted by molar-refractivity contribution is 8.00. The lowest BCUT2D eigenvalue weighted by Gasteiger charge is -2.17. The van der Waals surface area contributed by atoms with Gasteiger partial charge in [0.25, 0.3) is 5.56 Å². The highest BCUT2D eigenvalue weighted by atomic mass is 32.2. The topological polar surface area (TPSA) is 64.0 Å². The molecule has 1 atom stereocenters. The predicted octanol–water partition coefficient (Wildman–Crippen LogP) is 4.46. The minimum absolute atomic E-state index is 0.0755. The van der Waals surface area contributed by atoms with Gasteiger partial charge in [-0.2, -0.15) is 0 Å². The van der Waals surface area contributed by atoms with Crippen LogP contribution in [0.1, 0.15) is 30.5 Å². The highest BCUT2D eigenvalue weighted by Crippen LogP contribution is 2.26. The van der Waals surface area contributed by atoms with E-state index in [1.165, 1.54) is 17.3 Å². The van der Waals surface area contributed by atoms with Gasteiger partial charge in [0.05, 0.1) is 16.2 Å². The maximum absolute atomic E-state index is 12.8. The molecule has 0 radical (unpaired) electrons. The number of rotatable bonds is 5. The number of nitrogens with zero attached hydrogens (tertiary/aromatic N) is 2. The Labute approximate surface area is 169 Å². The van der Waals surface area contributed by atoms with E-state index in [-0.39, 0.29) is 11.5 Å². The molecule has 5 nitrogen and oxygen atoms in total. The van der Waals surface area contributed by atoms with E-state index in [9.17, 15) is 9.59 Å². The van der Waals surface area contributed by atoms with Crippen molar-refractivity contribution < 1.29 is 4.79 Å². The number of nitrogens with one attached hydrogen (secondary N) is 1. The Morgan fingerprint density at radius 3 is 2.46 bits per heavy atom. The summed E-state index contributed by atoms with van der Waals surface area (Å²) < 4.78 is 1.62. The van der Waals surface area contributed by atoms with E-state index in [4.69, 9.17) is 0 Å².